The molecule has 0 aliphatic heterocycles. The van der Waals surface area contributed by atoms with E-state index in [0.717, 1.165) is 25.7 Å². The second-order valence-corrected chi connectivity index (χ2v) is 8.40. The Morgan fingerprint density at radius 3 is 0.889 bits per heavy atom. The zero-order valence-corrected chi connectivity index (χ0v) is 19.2. The third kappa shape index (κ3) is 25.6. The molecule has 0 aromatic rings. The molecule has 0 unspecified atom stereocenters. The summed E-state index contributed by atoms with van der Waals surface area (Å²) in [7, 11) is 0. The molecule has 0 aromatic heterocycles. The number of unbranched alkanes of at least 4 members (excludes halogenated alkanes) is 18. The molecule has 2 heteroatoms. The SMILES string of the molecule is CCCCCCCCCCCCC(=O)CCCCCCCCCCCC.N. The van der Waals surface area contributed by atoms with Crippen LogP contribution in [0.25, 0.3) is 0 Å². The van der Waals surface area contributed by atoms with Gasteiger partial charge in [0.1, 0.15) is 5.78 Å². The summed E-state index contributed by atoms with van der Waals surface area (Å²) < 4.78 is 0. The van der Waals surface area contributed by atoms with E-state index in [1.807, 2.05) is 0 Å². The predicted octanol–water partition coefficient (Wildman–Crippen LogP) is 9.34. The largest absolute Gasteiger partial charge is 0.344 e. The molecule has 27 heavy (non-hydrogen) atoms. The molecule has 3 N–H and O–H groups in total. The highest BCUT2D eigenvalue weighted by Crippen LogP contribution is 2.14. The second-order valence-electron chi connectivity index (χ2n) is 8.40. The maximum absolute atomic E-state index is 11.9. The Balaban J connectivity index is 0. The number of ketones is 1. The van der Waals surface area contributed by atoms with Crippen molar-refractivity contribution in [3.05, 3.63) is 0 Å². The van der Waals surface area contributed by atoms with Gasteiger partial charge in [-0.3, -0.25) is 4.79 Å². The van der Waals surface area contributed by atoms with Crippen LogP contribution >= 0.6 is 0 Å². The van der Waals surface area contributed by atoms with Crippen molar-refractivity contribution < 1.29 is 4.79 Å². The first-order chi connectivity index (χ1) is 12.8. The zero-order chi connectivity index (χ0) is 19.1. The first-order valence-corrected chi connectivity index (χ1v) is 12.3. The predicted molar refractivity (Wildman–Crippen MR) is 123 cm³/mol. The molecular formula is C25H53NO. The number of carbonyl (C=O) groups excluding carboxylic acids is 1. The van der Waals surface area contributed by atoms with Crippen molar-refractivity contribution in [2.24, 2.45) is 0 Å². The van der Waals surface area contributed by atoms with Crippen LogP contribution in [0.3, 0.4) is 0 Å². The normalized spacial score (nSPS) is 10.7. The summed E-state index contributed by atoms with van der Waals surface area (Å²) in [4.78, 5) is 11.9. The smallest absolute Gasteiger partial charge is 0.132 e. The van der Waals surface area contributed by atoms with Crippen molar-refractivity contribution >= 4 is 5.78 Å². The first-order valence-electron chi connectivity index (χ1n) is 12.3. The number of carbonyl (C=O) groups is 1. The number of rotatable bonds is 22. The summed E-state index contributed by atoms with van der Waals surface area (Å²) in [5, 5.41) is 0. The van der Waals surface area contributed by atoms with Gasteiger partial charge in [0, 0.05) is 12.8 Å². The summed E-state index contributed by atoms with van der Waals surface area (Å²) in [6, 6.07) is 0. The van der Waals surface area contributed by atoms with E-state index in [2.05, 4.69) is 13.8 Å². The van der Waals surface area contributed by atoms with E-state index in [-0.39, 0.29) is 6.15 Å². The van der Waals surface area contributed by atoms with Crippen LogP contribution < -0.4 is 6.15 Å². The van der Waals surface area contributed by atoms with Crippen LogP contribution in [0.5, 0.6) is 0 Å². The Hall–Kier alpha value is -0.370. The summed E-state index contributed by atoms with van der Waals surface area (Å²) in [6.07, 6.45) is 28.7. The van der Waals surface area contributed by atoms with Crippen molar-refractivity contribution in [3.63, 3.8) is 0 Å². The van der Waals surface area contributed by atoms with Crippen LogP contribution in [0.15, 0.2) is 0 Å². The van der Waals surface area contributed by atoms with E-state index in [4.69, 9.17) is 0 Å². The lowest BCUT2D eigenvalue weighted by Gasteiger charge is -2.04. The number of hydrogen-bond donors (Lipinski definition) is 1. The Morgan fingerprint density at radius 2 is 0.630 bits per heavy atom. The maximum atomic E-state index is 11.9. The van der Waals surface area contributed by atoms with Gasteiger partial charge in [0.15, 0.2) is 0 Å². The van der Waals surface area contributed by atoms with E-state index in [1.165, 1.54) is 116 Å². The fourth-order valence-electron chi connectivity index (χ4n) is 3.74. The lowest BCUT2D eigenvalue weighted by molar-refractivity contribution is -0.119. The standard InChI is InChI=1S/C25H50O.H3N/c1-3-5-7-9-11-13-15-17-19-21-23-25(26)24-22-20-18-16-14-12-10-8-6-4-2;/h3-24H2,1-2H3;1H3. The fraction of sp³-hybridized carbons (Fsp3) is 0.960. The van der Waals surface area contributed by atoms with Gasteiger partial charge in [-0.05, 0) is 12.8 Å². The van der Waals surface area contributed by atoms with Crippen LogP contribution in [-0.4, -0.2) is 5.78 Å². The van der Waals surface area contributed by atoms with E-state index < -0.39 is 0 Å². The lowest BCUT2D eigenvalue weighted by atomic mass is 10.0. The highest BCUT2D eigenvalue weighted by atomic mass is 16.1. The molecule has 2 nitrogen and oxygen atoms in total. The van der Waals surface area contributed by atoms with Crippen LogP contribution in [0.1, 0.15) is 155 Å². The maximum Gasteiger partial charge on any atom is 0.132 e. The van der Waals surface area contributed by atoms with Crippen LogP contribution in [0, 0.1) is 0 Å². The molecule has 0 amide bonds. The average molecular weight is 384 g/mol. The Kier molecular flexibility index (Phi) is 27.4. The minimum atomic E-state index is 0. The van der Waals surface area contributed by atoms with Gasteiger partial charge in [0.2, 0.25) is 0 Å². The highest BCUT2D eigenvalue weighted by molar-refractivity contribution is 5.78. The van der Waals surface area contributed by atoms with Crippen molar-refractivity contribution in [2.75, 3.05) is 0 Å². The van der Waals surface area contributed by atoms with Crippen LogP contribution in [-0.2, 0) is 4.79 Å². The molecule has 0 fully saturated rings. The van der Waals surface area contributed by atoms with Gasteiger partial charge in [-0.25, -0.2) is 0 Å². The van der Waals surface area contributed by atoms with Gasteiger partial charge < -0.3 is 6.15 Å². The molecule has 0 spiro atoms. The molecule has 0 heterocycles. The third-order valence-corrected chi connectivity index (χ3v) is 5.62. The van der Waals surface area contributed by atoms with Gasteiger partial charge in [0.25, 0.3) is 0 Å². The van der Waals surface area contributed by atoms with Gasteiger partial charge in [-0.1, -0.05) is 129 Å². The molecule has 0 rings (SSSR count). The van der Waals surface area contributed by atoms with Crippen LogP contribution in [0.4, 0.5) is 0 Å². The molecule has 0 radical (unpaired) electrons. The average Bonchev–Trinajstić information content (AvgIpc) is 2.64. The summed E-state index contributed by atoms with van der Waals surface area (Å²) in [5.74, 6) is 0.518. The molecule has 0 saturated heterocycles. The Morgan fingerprint density at radius 1 is 0.407 bits per heavy atom. The van der Waals surface area contributed by atoms with Gasteiger partial charge >= 0.3 is 0 Å². The Bertz CT molecular complexity index is 251. The van der Waals surface area contributed by atoms with E-state index in [1.54, 1.807) is 0 Å². The summed E-state index contributed by atoms with van der Waals surface area (Å²) in [6.45, 7) is 4.55. The molecule has 164 valence electrons. The Labute approximate surface area is 172 Å². The first kappa shape index (κ1) is 28.8. The molecule has 0 aliphatic rings. The quantitative estimate of drug-likeness (QED) is 0.189. The van der Waals surface area contributed by atoms with Crippen molar-refractivity contribution in [1.29, 1.82) is 0 Å². The molecule has 0 saturated carbocycles. The minimum absolute atomic E-state index is 0. The van der Waals surface area contributed by atoms with Crippen molar-refractivity contribution in [2.45, 2.75) is 155 Å². The van der Waals surface area contributed by atoms with Gasteiger partial charge in [-0.2, -0.15) is 0 Å². The molecular weight excluding hydrogens is 330 g/mol. The summed E-state index contributed by atoms with van der Waals surface area (Å²) in [5.41, 5.74) is 0. The topological polar surface area (TPSA) is 52.1 Å². The summed E-state index contributed by atoms with van der Waals surface area (Å²) >= 11 is 0. The van der Waals surface area contributed by atoms with Crippen molar-refractivity contribution in [3.8, 4) is 0 Å². The number of Topliss-reactive ketones (excluding diaryl/α,β-unsaturated/α-hetero) is 1. The molecule has 0 aliphatic carbocycles. The number of hydrogen-bond acceptors (Lipinski definition) is 2. The third-order valence-electron chi connectivity index (χ3n) is 5.62. The molecule has 0 aromatic carbocycles. The highest BCUT2D eigenvalue weighted by Gasteiger charge is 2.02. The van der Waals surface area contributed by atoms with Gasteiger partial charge in [-0.15, -0.1) is 0 Å². The van der Waals surface area contributed by atoms with Gasteiger partial charge in [0.05, 0.1) is 0 Å². The van der Waals surface area contributed by atoms with E-state index in [9.17, 15) is 4.79 Å². The lowest BCUT2D eigenvalue weighted by Crippen LogP contribution is -1.97. The monoisotopic (exact) mass is 383 g/mol. The second kappa shape index (κ2) is 25.6. The molecule has 0 bridgehead atoms. The van der Waals surface area contributed by atoms with Crippen LogP contribution in [0.2, 0.25) is 0 Å². The minimum Gasteiger partial charge on any atom is -0.344 e. The molecule has 0 atom stereocenters. The zero-order valence-electron chi connectivity index (χ0n) is 19.2. The van der Waals surface area contributed by atoms with Crippen molar-refractivity contribution in [1.82, 2.24) is 6.15 Å². The van der Waals surface area contributed by atoms with E-state index >= 15 is 0 Å². The van der Waals surface area contributed by atoms with E-state index in [0.29, 0.717) is 5.78 Å². The fourth-order valence-corrected chi connectivity index (χ4v) is 3.74.